The van der Waals surface area contributed by atoms with E-state index in [1.807, 2.05) is 0 Å². The molecule has 0 amide bonds. The van der Waals surface area contributed by atoms with Crippen molar-refractivity contribution >= 4 is 16.9 Å². The van der Waals surface area contributed by atoms with E-state index in [2.05, 4.69) is 0 Å². The minimum absolute atomic E-state index is 0.0453. The third kappa shape index (κ3) is 3.01. The largest absolute Gasteiger partial charge is 0.497 e. The fourth-order valence-corrected chi connectivity index (χ4v) is 2.54. The summed E-state index contributed by atoms with van der Waals surface area (Å²) in [6.45, 7) is 0. The Bertz CT molecular complexity index is 1050. The Kier molecular flexibility index (Phi) is 4.19. The summed E-state index contributed by atoms with van der Waals surface area (Å²) in [5, 5.41) is 8.86. The zero-order valence-corrected chi connectivity index (χ0v) is 13.3. The lowest BCUT2D eigenvalue weighted by Crippen LogP contribution is -2.16. The molecular formula is C18H11F3O5. The number of aromatic carboxylic acids is 1. The fourth-order valence-electron chi connectivity index (χ4n) is 2.54. The molecule has 8 heteroatoms. The molecule has 1 heterocycles. The van der Waals surface area contributed by atoms with Crippen molar-refractivity contribution in [2.24, 2.45) is 0 Å². The molecule has 0 atom stereocenters. The van der Waals surface area contributed by atoms with Crippen molar-refractivity contribution in [3.05, 3.63) is 64.0 Å². The molecule has 0 aliphatic carbocycles. The monoisotopic (exact) mass is 364 g/mol. The van der Waals surface area contributed by atoms with Gasteiger partial charge in [0, 0.05) is 6.07 Å². The molecule has 3 rings (SSSR count). The van der Waals surface area contributed by atoms with Crippen molar-refractivity contribution in [1.29, 1.82) is 0 Å². The van der Waals surface area contributed by atoms with Crippen molar-refractivity contribution in [1.82, 2.24) is 0 Å². The first kappa shape index (κ1) is 17.5. The molecule has 0 fully saturated rings. The molecule has 0 aliphatic heterocycles. The van der Waals surface area contributed by atoms with Crippen LogP contribution in [0.4, 0.5) is 13.2 Å². The first-order valence-corrected chi connectivity index (χ1v) is 7.28. The van der Waals surface area contributed by atoms with Gasteiger partial charge in [-0.3, -0.25) is 4.79 Å². The number of carboxylic acids is 1. The predicted molar refractivity (Wildman–Crippen MR) is 86.4 cm³/mol. The van der Waals surface area contributed by atoms with Gasteiger partial charge in [0.25, 0.3) is 0 Å². The molecule has 26 heavy (non-hydrogen) atoms. The molecule has 0 radical (unpaired) electrons. The van der Waals surface area contributed by atoms with Crippen molar-refractivity contribution in [3.8, 4) is 16.9 Å². The minimum atomic E-state index is -4.92. The first-order valence-electron chi connectivity index (χ1n) is 7.28. The van der Waals surface area contributed by atoms with Gasteiger partial charge in [0.2, 0.25) is 11.2 Å². The molecule has 134 valence electrons. The van der Waals surface area contributed by atoms with E-state index < -0.39 is 28.9 Å². The van der Waals surface area contributed by atoms with Gasteiger partial charge in [0.05, 0.1) is 23.6 Å². The predicted octanol–water partition coefficient (Wildman–Crippen LogP) is 4.19. The van der Waals surface area contributed by atoms with Gasteiger partial charge in [-0.25, -0.2) is 4.79 Å². The van der Waals surface area contributed by atoms with Crippen LogP contribution in [0, 0.1) is 0 Å². The third-order valence-corrected chi connectivity index (χ3v) is 3.78. The van der Waals surface area contributed by atoms with E-state index in [0.29, 0.717) is 0 Å². The molecule has 0 bridgehead atoms. The fraction of sp³-hybridized carbons (Fsp3) is 0.111. The Balaban J connectivity index is 2.34. The number of benzene rings is 2. The summed E-state index contributed by atoms with van der Waals surface area (Å²) in [7, 11) is 1.34. The lowest BCUT2D eigenvalue weighted by Gasteiger charge is -2.13. The highest BCUT2D eigenvalue weighted by atomic mass is 19.4. The summed E-state index contributed by atoms with van der Waals surface area (Å²) in [6, 6.07) is 8.47. The lowest BCUT2D eigenvalue weighted by atomic mass is 10.0. The summed E-state index contributed by atoms with van der Waals surface area (Å²) in [5.74, 6) is -2.44. The first-order chi connectivity index (χ1) is 12.2. The van der Waals surface area contributed by atoms with Crippen LogP contribution in [0.25, 0.3) is 22.1 Å². The maximum absolute atomic E-state index is 13.5. The smallest absolute Gasteiger partial charge is 0.450 e. The highest BCUT2D eigenvalue weighted by Crippen LogP contribution is 2.37. The number of ether oxygens (including phenoxy) is 1. The van der Waals surface area contributed by atoms with Crippen LogP contribution < -0.4 is 10.2 Å². The standard InChI is InChI=1S/C18H11F3O5/c1-25-11-6-7-12-13(8-11)26-16(18(19,20)21)14(15(12)22)9-2-4-10(5-3-9)17(23)24/h2-8H,1H3,(H,23,24). The molecule has 2 aromatic carbocycles. The van der Waals surface area contributed by atoms with E-state index in [0.717, 1.165) is 24.3 Å². The summed E-state index contributed by atoms with van der Waals surface area (Å²) in [4.78, 5) is 23.6. The molecule has 5 nitrogen and oxygen atoms in total. The van der Waals surface area contributed by atoms with E-state index in [1.54, 1.807) is 0 Å². The minimum Gasteiger partial charge on any atom is -0.497 e. The molecule has 0 aliphatic rings. The van der Waals surface area contributed by atoms with Crippen LogP contribution in [0.2, 0.25) is 0 Å². The zero-order valence-electron chi connectivity index (χ0n) is 13.3. The number of fused-ring (bicyclic) bond motifs is 1. The molecule has 0 saturated heterocycles. The number of alkyl halides is 3. The van der Waals surface area contributed by atoms with Gasteiger partial charge in [-0.05, 0) is 29.8 Å². The van der Waals surface area contributed by atoms with Crippen LogP contribution in [0.1, 0.15) is 16.1 Å². The van der Waals surface area contributed by atoms with Crippen LogP contribution in [-0.2, 0) is 6.18 Å². The number of methoxy groups -OCH3 is 1. The quantitative estimate of drug-likeness (QED) is 0.754. The molecule has 0 unspecified atom stereocenters. The number of carboxylic acid groups (broad SMARTS) is 1. The van der Waals surface area contributed by atoms with Gasteiger partial charge in [-0.15, -0.1) is 0 Å². The SMILES string of the molecule is COc1ccc2c(=O)c(-c3ccc(C(=O)O)cc3)c(C(F)(F)F)oc2c1. The summed E-state index contributed by atoms with van der Waals surface area (Å²) >= 11 is 0. The molecule has 1 N–H and O–H groups in total. The number of hydrogen-bond acceptors (Lipinski definition) is 4. The van der Waals surface area contributed by atoms with Crippen LogP contribution >= 0.6 is 0 Å². The summed E-state index contributed by atoms with van der Waals surface area (Å²) in [6.07, 6.45) is -4.92. The van der Waals surface area contributed by atoms with Crippen LogP contribution in [0.3, 0.4) is 0 Å². The van der Waals surface area contributed by atoms with Gasteiger partial charge in [-0.1, -0.05) is 12.1 Å². The Morgan fingerprint density at radius 1 is 1.12 bits per heavy atom. The van der Waals surface area contributed by atoms with Crippen LogP contribution in [0.5, 0.6) is 5.75 Å². The lowest BCUT2D eigenvalue weighted by molar-refractivity contribution is -0.152. The van der Waals surface area contributed by atoms with Crippen molar-refractivity contribution < 1.29 is 32.2 Å². The average Bonchev–Trinajstić information content (AvgIpc) is 2.60. The Morgan fingerprint density at radius 3 is 2.31 bits per heavy atom. The van der Waals surface area contributed by atoms with Crippen LogP contribution in [-0.4, -0.2) is 18.2 Å². The topological polar surface area (TPSA) is 76.7 Å². The van der Waals surface area contributed by atoms with Gasteiger partial charge in [0.1, 0.15) is 11.3 Å². The van der Waals surface area contributed by atoms with Crippen molar-refractivity contribution in [2.45, 2.75) is 6.18 Å². The normalized spacial score (nSPS) is 11.5. The van der Waals surface area contributed by atoms with Gasteiger partial charge in [0.15, 0.2) is 0 Å². The second kappa shape index (κ2) is 6.21. The van der Waals surface area contributed by atoms with Crippen molar-refractivity contribution in [3.63, 3.8) is 0 Å². The molecular weight excluding hydrogens is 353 g/mol. The highest BCUT2D eigenvalue weighted by Gasteiger charge is 2.39. The third-order valence-electron chi connectivity index (χ3n) is 3.78. The van der Waals surface area contributed by atoms with E-state index in [4.69, 9.17) is 14.3 Å². The Labute approximate surface area is 144 Å². The average molecular weight is 364 g/mol. The van der Waals surface area contributed by atoms with E-state index >= 15 is 0 Å². The Hall–Kier alpha value is -3.29. The second-order valence-corrected chi connectivity index (χ2v) is 5.38. The van der Waals surface area contributed by atoms with E-state index in [9.17, 15) is 22.8 Å². The number of carbonyl (C=O) groups is 1. The molecule has 1 aromatic heterocycles. The van der Waals surface area contributed by atoms with Gasteiger partial charge in [-0.2, -0.15) is 13.2 Å². The number of halogens is 3. The number of hydrogen-bond donors (Lipinski definition) is 1. The van der Waals surface area contributed by atoms with E-state index in [1.165, 1.54) is 25.3 Å². The maximum Gasteiger partial charge on any atom is 0.450 e. The molecule has 3 aromatic rings. The van der Waals surface area contributed by atoms with Gasteiger partial charge >= 0.3 is 12.1 Å². The summed E-state index contributed by atoms with van der Waals surface area (Å²) in [5.41, 5.74) is -2.00. The maximum atomic E-state index is 13.5. The van der Waals surface area contributed by atoms with Gasteiger partial charge < -0.3 is 14.3 Å². The number of rotatable bonds is 3. The van der Waals surface area contributed by atoms with Crippen LogP contribution in [0.15, 0.2) is 51.7 Å². The highest BCUT2D eigenvalue weighted by molar-refractivity contribution is 5.89. The zero-order chi connectivity index (χ0) is 19.1. The Morgan fingerprint density at radius 2 is 1.77 bits per heavy atom. The second-order valence-electron chi connectivity index (χ2n) is 5.38. The van der Waals surface area contributed by atoms with E-state index in [-0.39, 0.29) is 27.8 Å². The summed E-state index contributed by atoms with van der Waals surface area (Å²) < 4.78 is 50.4. The van der Waals surface area contributed by atoms with Crippen molar-refractivity contribution in [2.75, 3.05) is 7.11 Å². The molecule has 0 spiro atoms. The molecule has 0 saturated carbocycles.